The Hall–Kier alpha value is -0.850. The van der Waals surface area contributed by atoms with E-state index in [0.29, 0.717) is 11.3 Å². The quantitative estimate of drug-likeness (QED) is 0.380. The maximum Gasteiger partial charge on any atom is 0.145 e. The molecule has 1 atom stereocenters. The molecule has 84 valence electrons. The molecule has 0 aromatic carbocycles. The molecule has 1 heteroatoms. The summed E-state index contributed by atoms with van der Waals surface area (Å²) in [4.78, 5) is 10.5. The summed E-state index contributed by atoms with van der Waals surface area (Å²) in [5.41, 5.74) is 2.75. The second-order valence-electron chi connectivity index (χ2n) is 5.54. The number of rotatable bonds is 2. The van der Waals surface area contributed by atoms with Crippen LogP contribution in [0, 0.1) is 11.3 Å². The average Bonchev–Trinajstić information content (AvgIpc) is 2.17. The van der Waals surface area contributed by atoms with Crippen LogP contribution < -0.4 is 0 Å². The van der Waals surface area contributed by atoms with Gasteiger partial charge in [0.15, 0.2) is 0 Å². The third-order valence-corrected chi connectivity index (χ3v) is 3.10. The molecule has 0 aromatic rings. The molecule has 0 heterocycles. The highest BCUT2D eigenvalue weighted by atomic mass is 16.1. The van der Waals surface area contributed by atoms with Crippen molar-refractivity contribution in [2.24, 2.45) is 11.3 Å². The van der Waals surface area contributed by atoms with Gasteiger partial charge in [0, 0.05) is 0 Å². The van der Waals surface area contributed by atoms with Crippen LogP contribution in [0.2, 0.25) is 0 Å². The van der Waals surface area contributed by atoms with Gasteiger partial charge < -0.3 is 0 Å². The van der Waals surface area contributed by atoms with Crippen molar-refractivity contribution in [3.63, 3.8) is 0 Å². The molecular weight excluding hydrogens is 184 g/mol. The van der Waals surface area contributed by atoms with E-state index in [9.17, 15) is 4.79 Å². The summed E-state index contributed by atoms with van der Waals surface area (Å²) in [6.07, 6.45) is 8.89. The van der Waals surface area contributed by atoms with E-state index in [1.807, 2.05) is 6.92 Å². The minimum atomic E-state index is 0.314. The van der Waals surface area contributed by atoms with E-state index >= 15 is 0 Å². The van der Waals surface area contributed by atoms with Gasteiger partial charge in [-0.3, -0.25) is 4.79 Å². The molecular formula is C14H22O. The Morgan fingerprint density at radius 1 is 1.47 bits per heavy atom. The van der Waals surface area contributed by atoms with Crippen LogP contribution in [0.5, 0.6) is 0 Å². The summed E-state index contributed by atoms with van der Waals surface area (Å²) in [5, 5.41) is 0. The first-order chi connectivity index (χ1) is 6.93. The van der Waals surface area contributed by atoms with E-state index in [-0.39, 0.29) is 0 Å². The Kier molecular flexibility index (Phi) is 3.90. The summed E-state index contributed by atoms with van der Waals surface area (Å²) >= 11 is 0. The zero-order valence-corrected chi connectivity index (χ0v) is 10.3. The van der Waals surface area contributed by atoms with Crippen LogP contribution in [0.4, 0.5) is 0 Å². The minimum Gasteiger partial charge on any atom is -0.298 e. The van der Waals surface area contributed by atoms with Crippen LogP contribution in [0.25, 0.3) is 0 Å². The van der Waals surface area contributed by atoms with Crippen LogP contribution >= 0.6 is 0 Å². The standard InChI is InChI=1S/C14H22O/c1-11(10-15)9-12-5-7-13(8-6-12)14(2,3)4/h7,9-10,12H,5-6,8H2,1-4H3. The normalized spacial score (nSPS) is 23.6. The van der Waals surface area contributed by atoms with Gasteiger partial charge >= 0.3 is 0 Å². The van der Waals surface area contributed by atoms with E-state index < -0.39 is 0 Å². The zero-order valence-electron chi connectivity index (χ0n) is 10.3. The van der Waals surface area contributed by atoms with Gasteiger partial charge in [0.1, 0.15) is 6.29 Å². The lowest BCUT2D eigenvalue weighted by molar-refractivity contribution is -0.104. The molecule has 15 heavy (non-hydrogen) atoms. The summed E-state index contributed by atoms with van der Waals surface area (Å²) in [5.74, 6) is 0.571. The third kappa shape index (κ3) is 3.65. The average molecular weight is 206 g/mol. The molecule has 0 saturated heterocycles. The maximum absolute atomic E-state index is 10.5. The van der Waals surface area contributed by atoms with Gasteiger partial charge in [0.05, 0.1) is 0 Å². The van der Waals surface area contributed by atoms with Crippen molar-refractivity contribution in [3.8, 4) is 0 Å². The molecule has 0 saturated carbocycles. The van der Waals surface area contributed by atoms with Crippen LogP contribution in [0.1, 0.15) is 47.0 Å². The van der Waals surface area contributed by atoms with Crippen LogP contribution in [-0.2, 0) is 4.79 Å². The minimum absolute atomic E-state index is 0.314. The van der Waals surface area contributed by atoms with Crippen molar-refractivity contribution in [1.82, 2.24) is 0 Å². The fourth-order valence-electron chi connectivity index (χ4n) is 2.10. The molecule has 0 spiro atoms. The van der Waals surface area contributed by atoms with E-state index in [1.54, 1.807) is 5.57 Å². The molecule has 1 nitrogen and oxygen atoms in total. The first-order valence-corrected chi connectivity index (χ1v) is 5.76. The van der Waals surface area contributed by atoms with Crippen LogP contribution in [0.3, 0.4) is 0 Å². The Balaban J connectivity index is 2.62. The lowest BCUT2D eigenvalue weighted by Crippen LogP contribution is -2.14. The largest absolute Gasteiger partial charge is 0.298 e. The van der Waals surface area contributed by atoms with Crippen LogP contribution in [-0.4, -0.2) is 6.29 Å². The van der Waals surface area contributed by atoms with E-state index in [2.05, 4.69) is 32.9 Å². The van der Waals surface area contributed by atoms with Crippen molar-refractivity contribution in [2.75, 3.05) is 0 Å². The number of hydrogen-bond acceptors (Lipinski definition) is 1. The molecule has 0 aliphatic heterocycles. The predicted molar refractivity (Wildman–Crippen MR) is 64.7 cm³/mol. The first-order valence-electron chi connectivity index (χ1n) is 5.76. The summed E-state index contributed by atoms with van der Waals surface area (Å²) in [6.45, 7) is 8.69. The molecule has 0 radical (unpaired) electrons. The van der Waals surface area contributed by atoms with Crippen molar-refractivity contribution in [2.45, 2.75) is 47.0 Å². The Bertz CT molecular complexity index is 289. The highest BCUT2D eigenvalue weighted by molar-refractivity contribution is 5.72. The lowest BCUT2D eigenvalue weighted by Gasteiger charge is -2.28. The van der Waals surface area contributed by atoms with Gasteiger partial charge in [-0.2, -0.15) is 0 Å². The molecule has 0 amide bonds. The summed E-state index contributed by atoms with van der Waals surface area (Å²) < 4.78 is 0. The molecule has 1 aliphatic carbocycles. The van der Waals surface area contributed by atoms with Crippen LogP contribution in [0.15, 0.2) is 23.3 Å². The van der Waals surface area contributed by atoms with Gasteiger partial charge in [-0.15, -0.1) is 0 Å². The Morgan fingerprint density at radius 2 is 2.13 bits per heavy atom. The van der Waals surface area contributed by atoms with Crippen molar-refractivity contribution in [3.05, 3.63) is 23.3 Å². The number of hydrogen-bond donors (Lipinski definition) is 0. The highest BCUT2D eigenvalue weighted by Gasteiger charge is 2.21. The van der Waals surface area contributed by atoms with E-state index in [1.165, 1.54) is 12.8 Å². The molecule has 0 aromatic heterocycles. The fourth-order valence-corrected chi connectivity index (χ4v) is 2.10. The second-order valence-corrected chi connectivity index (χ2v) is 5.54. The second kappa shape index (κ2) is 4.78. The summed E-state index contributed by atoms with van der Waals surface area (Å²) in [6, 6.07) is 0. The van der Waals surface area contributed by atoms with Crippen molar-refractivity contribution >= 4 is 6.29 Å². The van der Waals surface area contributed by atoms with E-state index in [4.69, 9.17) is 0 Å². The first kappa shape index (κ1) is 12.2. The molecule has 1 unspecified atom stereocenters. The molecule has 1 rings (SSSR count). The highest BCUT2D eigenvalue weighted by Crippen LogP contribution is 2.35. The number of carbonyl (C=O) groups is 1. The smallest absolute Gasteiger partial charge is 0.145 e. The summed E-state index contributed by atoms with van der Waals surface area (Å²) in [7, 11) is 0. The van der Waals surface area contributed by atoms with Gasteiger partial charge in [-0.1, -0.05) is 38.5 Å². The lowest BCUT2D eigenvalue weighted by atomic mass is 9.77. The maximum atomic E-state index is 10.5. The van der Waals surface area contributed by atoms with Crippen molar-refractivity contribution < 1.29 is 4.79 Å². The molecule has 0 bridgehead atoms. The number of carbonyl (C=O) groups excluding carboxylic acids is 1. The molecule has 0 N–H and O–H groups in total. The third-order valence-electron chi connectivity index (χ3n) is 3.10. The zero-order chi connectivity index (χ0) is 11.5. The molecule has 1 aliphatic rings. The van der Waals surface area contributed by atoms with Gasteiger partial charge in [0.2, 0.25) is 0 Å². The van der Waals surface area contributed by atoms with Gasteiger partial charge in [0.25, 0.3) is 0 Å². The monoisotopic (exact) mass is 206 g/mol. The van der Waals surface area contributed by atoms with Gasteiger partial charge in [-0.05, 0) is 43.1 Å². The van der Waals surface area contributed by atoms with Gasteiger partial charge in [-0.25, -0.2) is 0 Å². The molecule has 0 fully saturated rings. The Labute approximate surface area is 93.3 Å². The topological polar surface area (TPSA) is 17.1 Å². The predicted octanol–water partition coefficient (Wildman–Crippen LogP) is 3.90. The fraction of sp³-hybridized carbons (Fsp3) is 0.643. The number of aldehydes is 1. The Morgan fingerprint density at radius 3 is 2.53 bits per heavy atom. The SMILES string of the molecule is CC(C=O)=CC1CC=C(C(C)(C)C)CC1. The van der Waals surface area contributed by atoms with E-state index in [0.717, 1.165) is 18.3 Å². The number of allylic oxidation sites excluding steroid dienone is 4. The van der Waals surface area contributed by atoms with Crippen molar-refractivity contribution in [1.29, 1.82) is 0 Å².